The minimum Gasteiger partial charge on any atom is -0.370 e. The fraction of sp³-hybridized carbons (Fsp3) is 0.333. The van der Waals surface area contributed by atoms with Crippen molar-refractivity contribution in [3.8, 4) is 0 Å². The average molecular weight is 513 g/mol. The molecule has 1 saturated heterocycles. The molecule has 188 valence electrons. The van der Waals surface area contributed by atoms with Gasteiger partial charge in [-0.25, -0.2) is 9.97 Å². The van der Waals surface area contributed by atoms with Crippen LogP contribution in [0.5, 0.6) is 0 Å². The number of ether oxygens (including phenoxy) is 1. The lowest BCUT2D eigenvalue weighted by atomic mass is 10.0. The predicted octanol–water partition coefficient (Wildman–Crippen LogP) is 6.07. The van der Waals surface area contributed by atoms with Gasteiger partial charge in [0.15, 0.2) is 0 Å². The van der Waals surface area contributed by atoms with E-state index in [0.29, 0.717) is 22.6 Å². The molecule has 9 heteroatoms. The summed E-state index contributed by atoms with van der Waals surface area (Å²) < 4.78 is 45.2. The van der Waals surface area contributed by atoms with E-state index in [0.717, 1.165) is 43.0 Å². The highest BCUT2D eigenvalue weighted by Gasteiger charge is 2.32. The second-order valence-corrected chi connectivity index (χ2v) is 10.2. The first kappa shape index (κ1) is 24.7. The van der Waals surface area contributed by atoms with Crippen molar-refractivity contribution in [2.75, 3.05) is 18.4 Å². The second kappa shape index (κ2) is 10.9. The van der Waals surface area contributed by atoms with Gasteiger partial charge in [0.2, 0.25) is 0 Å². The molecule has 0 aliphatic carbocycles. The van der Waals surface area contributed by atoms with E-state index in [1.165, 1.54) is 11.9 Å². The van der Waals surface area contributed by atoms with Gasteiger partial charge < -0.3 is 10.1 Å². The number of aromatic nitrogens is 2. The normalized spacial score (nSPS) is 19.0. The first-order valence-electron chi connectivity index (χ1n) is 11.9. The SMILES string of the molecule is FC(F)(F)Cc1cc2c(N[C@H]3CCN(Cc4ccccc4)C[C@@H]3OCc3ccccc3)ncnc2s1. The third-order valence-electron chi connectivity index (χ3n) is 6.28. The average Bonchev–Trinajstić information content (AvgIpc) is 3.27. The summed E-state index contributed by atoms with van der Waals surface area (Å²) in [6.07, 6.45) is -3.13. The molecular weight excluding hydrogens is 485 g/mol. The predicted molar refractivity (Wildman–Crippen MR) is 136 cm³/mol. The number of hydrogen-bond acceptors (Lipinski definition) is 6. The van der Waals surface area contributed by atoms with Crippen molar-refractivity contribution in [3.05, 3.63) is 89.1 Å². The Bertz CT molecular complexity index is 1270. The molecule has 0 amide bonds. The summed E-state index contributed by atoms with van der Waals surface area (Å²) in [4.78, 5) is 11.7. The zero-order chi connectivity index (χ0) is 25.0. The highest BCUT2D eigenvalue weighted by molar-refractivity contribution is 7.18. The highest BCUT2D eigenvalue weighted by Crippen LogP contribution is 2.33. The van der Waals surface area contributed by atoms with Crippen LogP contribution in [-0.4, -0.2) is 46.3 Å². The number of likely N-dealkylation sites (tertiary alicyclic amines) is 1. The van der Waals surface area contributed by atoms with Crippen LogP contribution in [0.2, 0.25) is 0 Å². The molecule has 5 rings (SSSR count). The number of nitrogens with one attached hydrogen (secondary N) is 1. The van der Waals surface area contributed by atoms with E-state index in [9.17, 15) is 13.2 Å². The van der Waals surface area contributed by atoms with Crippen LogP contribution in [0.3, 0.4) is 0 Å². The summed E-state index contributed by atoms with van der Waals surface area (Å²) in [6, 6.07) is 21.9. The zero-order valence-electron chi connectivity index (χ0n) is 19.6. The van der Waals surface area contributed by atoms with Gasteiger partial charge in [-0.1, -0.05) is 60.7 Å². The van der Waals surface area contributed by atoms with Gasteiger partial charge in [-0.3, -0.25) is 4.90 Å². The van der Waals surface area contributed by atoms with Crippen LogP contribution in [0.15, 0.2) is 73.1 Å². The number of anilines is 1. The lowest BCUT2D eigenvalue weighted by Gasteiger charge is -2.39. The third-order valence-corrected chi connectivity index (χ3v) is 7.32. The van der Waals surface area contributed by atoms with Crippen molar-refractivity contribution in [1.29, 1.82) is 0 Å². The number of benzene rings is 2. The van der Waals surface area contributed by atoms with Gasteiger partial charge in [0.25, 0.3) is 0 Å². The minimum absolute atomic E-state index is 0.0372. The van der Waals surface area contributed by atoms with Crippen LogP contribution in [0.4, 0.5) is 19.0 Å². The van der Waals surface area contributed by atoms with E-state index < -0.39 is 12.6 Å². The Hall–Kier alpha value is -3.01. The highest BCUT2D eigenvalue weighted by atomic mass is 32.1. The molecule has 0 bridgehead atoms. The lowest BCUT2D eigenvalue weighted by molar-refractivity contribution is -0.126. The Morgan fingerprint density at radius 1 is 1.00 bits per heavy atom. The van der Waals surface area contributed by atoms with Crippen molar-refractivity contribution in [1.82, 2.24) is 14.9 Å². The molecule has 1 fully saturated rings. The van der Waals surface area contributed by atoms with Crippen LogP contribution >= 0.6 is 11.3 Å². The number of halogens is 3. The van der Waals surface area contributed by atoms with E-state index in [1.54, 1.807) is 6.07 Å². The van der Waals surface area contributed by atoms with E-state index in [4.69, 9.17) is 4.74 Å². The molecular formula is C27H27F3N4OS. The maximum absolute atomic E-state index is 12.9. The van der Waals surface area contributed by atoms with Gasteiger partial charge in [-0.2, -0.15) is 13.2 Å². The molecule has 2 atom stereocenters. The number of rotatable bonds is 8. The van der Waals surface area contributed by atoms with Gasteiger partial charge >= 0.3 is 6.18 Å². The van der Waals surface area contributed by atoms with E-state index in [2.05, 4.69) is 32.3 Å². The van der Waals surface area contributed by atoms with Crippen LogP contribution in [-0.2, 0) is 24.3 Å². The summed E-state index contributed by atoms with van der Waals surface area (Å²) in [5.74, 6) is 0.555. The van der Waals surface area contributed by atoms with Crippen molar-refractivity contribution < 1.29 is 17.9 Å². The van der Waals surface area contributed by atoms with Gasteiger partial charge in [0.1, 0.15) is 17.0 Å². The molecule has 0 saturated carbocycles. The van der Waals surface area contributed by atoms with Gasteiger partial charge in [0.05, 0.1) is 30.6 Å². The largest absolute Gasteiger partial charge is 0.393 e. The summed E-state index contributed by atoms with van der Waals surface area (Å²) in [7, 11) is 0. The van der Waals surface area contributed by atoms with Crippen molar-refractivity contribution in [2.24, 2.45) is 0 Å². The topological polar surface area (TPSA) is 50.3 Å². The first-order chi connectivity index (χ1) is 17.4. The van der Waals surface area contributed by atoms with Crippen molar-refractivity contribution in [3.63, 3.8) is 0 Å². The first-order valence-corrected chi connectivity index (χ1v) is 12.7. The Balaban J connectivity index is 1.34. The molecule has 0 unspecified atom stereocenters. The van der Waals surface area contributed by atoms with E-state index in [-0.39, 0.29) is 17.0 Å². The maximum atomic E-state index is 12.9. The number of piperidine rings is 1. The summed E-state index contributed by atoms with van der Waals surface area (Å²) in [6.45, 7) is 2.92. The number of thiophene rings is 1. The molecule has 1 aliphatic rings. The Kier molecular flexibility index (Phi) is 7.50. The smallest absolute Gasteiger partial charge is 0.370 e. The number of alkyl halides is 3. The fourth-order valence-electron chi connectivity index (χ4n) is 4.56. The van der Waals surface area contributed by atoms with Gasteiger partial charge in [0, 0.05) is 24.5 Å². The Morgan fingerprint density at radius 2 is 1.72 bits per heavy atom. The number of nitrogens with zero attached hydrogens (tertiary/aromatic N) is 3. The zero-order valence-corrected chi connectivity index (χ0v) is 20.4. The molecule has 0 spiro atoms. The molecule has 1 N–H and O–H groups in total. The fourth-order valence-corrected chi connectivity index (χ4v) is 5.58. The summed E-state index contributed by atoms with van der Waals surface area (Å²) in [5.41, 5.74) is 2.34. The molecule has 4 aromatic rings. The molecule has 1 aliphatic heterocycles. The van der Waals surface area contributed by atoms with Crippen molar-refractivity contribution in [2.45, 2.75) is 44.3 Å². The standard InChI is InChI=1S/C27H27F3N4OS/c28-27(29,30)14-21-13-22-25(31-18-32-26(22)36-21)33-23-11-12-34(15-19-7-3-1-4-8-19)16-24(23)35-17-20-9-5-2-6-10-20/h1-10,13,18,23-24H,11-12,14-17H2,(H,31,32,33)/t23-,24-/m0/s1. The summed E-state index contributed by atoms with van der Waals surface area (Å²) in [5, 5.41) is 4.11. The Morgan fingerprint density at radius 3 is 2.44 bits per heavy atom. The van der Waals surface area contributed by atoms with E-state index in [1.807, 2.05) is 48.5 Å². The molecule has 2 aromatic carbocycles. The summed E-state index contributed by atoms with van der Waals surface area (Å²) >= 11 is 1.06. The van der Waals surface area contributed by atoms with E-state index >= 15 is 0 Å². The van der Waals surface area contributed by atoms with Crippen molar-refractivity contribution >= 4 is 27.4 Å². The minimum atomic E-state index is -4.26. The van der Waals surface area contributed by atoms with Crippen LogP contribution < -0.4 is 5.32 Å². The number of fused-ring (bicyclic) bond motifs is 1. The molecule has 3 heterocycles. The van der Waals surface area contributed by atoms with Gasteiger partial charge in [-0.15, -0.1) is 11.3 Å². The molecule has 36 heavy (non-hydrogen) atoms. The third kappa shape index (κ3) is 6.40. The second-order valence-electron chi connectivity index (χ2n) is 9.04. The molecule has 2 aromatic heterocycles. The molecule has 5 nitrogen and oxygen atoms in total. The van der Waals surface area contributed by atoms with Crippen LogP contribution in [0.25, 0.3) is 10.2 Å². The van der Waals surface area contributed by atoms with Crippen LogP contribution in [0.1, 0.15) is 22.4 Å². The van der Waals surface area contributed by atoms with Gasteiger partial charge in [-0.05, 0) is 23.6 Å². The Labute approximate surface area is 212 Å². The number of hydrogen-bond donors (Lipinski definition) is 1. The molecule has 0 radical (unpaired) electrons. The monoisotopic (exact) mass is 512 g/mol. The van der Waals surface area contributed by atoms with Crippen LogP contribution in [0, 0.1) is 0 Å². The quantitative estimate of drug-likeness (QED) is 0.311. The lowest BCUT2D eigenvalue weighted by Crippen LogP contribution is -2.50. The maximum Gasteiger partial charge on any atom is 0.393 e.